The third-order valence-corrected chi connectivity index (χ3v) is 6.22. The predicted octanol–water partition coefficient (Wildman–Crippen LogP) is 7.11. The number of hydrogen-bond donors (Lipinski definition) is 1. The Morgan fingerprint density at radius 1 is 0.973 bits per heavy atom. The molecule has 8 heteroatoms. The van der Waals surface area contributed by atoms with Gasteiger partial charge in [0.2, 0.25) is 0 Å². The van der Waals surface area contributed by atoms with Gasteiger partial charge >= 0.3 is 12.1 Å². The first-order valence-electron chi connectivity index (χ1n) is 11.8. The van der Waals surface area contributed by atoms with E-state index >= 15 is 0 Å². The van der Waals surface area contributed by atoms with E-state index in [1.807, 2.05) is 36.4 Å². The second kappa shape index (κ2) is 10.3. The number of amides is 1. The van der Waals surface area contributed by atoms with Crippen LogP contribution in [0.5, 0.6) is 0 Å². The number of carboxylic acids is 1. The van der Waals surface area contributed by atoms with E-state index in [-0.39, 0.29) is 18.0 Å². The van der Waals surface area contributed by atoms with Crippen LogP contribution in [0.15, 0.2) is 77.3 Å². The number of aromatic nitrogens is 1. The van der Waals surface area contributed by atoms with E-state index in [0.29, 0.717) is 22.6 Å². The summed E-state index contributed by atoms with van der Waals surface area (Å²) < 4.78 is 25.6. The maximum atomic E-state index is 14.8. The number of carbonyl (C=O) groups is 2. The number of para-hydroxylation sites is 1. The van der Waals surface area contributed by atoms with Crippen LogP contribution in [0.1, 0.15) is 32.0 Å². The number of carbonyl (C=O) groups excluding carboxylic acids is 1. The topological polar surface area (TPSA) is 92.9 Å². The van der Waals surface area contributed by atoms with Crippen molar-refractivity contribution < 1.29 is 28.3 Å². The molecule has 0 unspecified atom stereocenters. The minimum Gasteiger partial charge on any atom is -0.481 e. The molecule has 0 saturated carbocycles. The second-order valence-corrected chi connectivity index (χ2v) is 9.02. The van der Waals surface area contributed by atoms with E-state index in [2.05, 4.69) is 5.16 Å². The zero-order valence-electron chi connectivity index (χ0n) is 21.0. The van der Waals surface area contributed by atoms with Crippen LogP contribution in [-0.2, 0) is 14.9 Å². The van der Waals surface area contributed by atoms with Gasteiger partial charge in [0.25, 0.3) is 0 Å². The molecule has 0 aliphatic carbocycles. The number of hydrogen-bond acceptors (Lipinski definition) is 5. The van der Waals surface area contributed by atoms with Gasteiger partial charge < -0.3 is 14.4 Å². The van der Waals surface area contributed by atoms with Crippen molar-refractivity contribution in [2.75, 3.05) is 11.5 Å². The lowest BCUT2D eigenvalue weighted by Gasteiger charge is -2.22. The largest absolute Gasteiger partial charge is 0.481 e. The lowest BCUT2D eigenvalue weighted by Crippen LogP contribution is -2.28. The number of aryl methyl sites for hydroxylation is 1. The summed E-state index contributed by atoms with van der Waals surface area (Å²) in [4.78, 5) is 25.6. The van der Waals surface area contributed by atoms with Gasteiger partial charge in [0.05, 0.1) is 17.7 Å². The van der Waals surface area contributed by atoms with Crippen molar-refractivity contribution in [1.82, 2.24) is 5.16 Å². The normalized spacial score (nSPS) is 11.3. The SMILES string of the molecule is CCOC(=O)N(c1ccccc1F)c1c(C)noc1-c1ccc(-c2ccc(C(C)(C)C(=O)O)cc2)cc1. The number of anilines is 2. The molecule has 4 aromatic rings. The van der Waals surface area contributed by atoms with Gasteiger partial charge in [-0.25, -0.2) is 14.1 Å². The Bertz CT molecular complexity index is 1430. The number of benzene rings is 3. The molecule has 0 aliphatic rings. The van der Waals surface area contributed by atoms with Crippen LogP contribution in [0.2, 0.25) is 0 Å². The van der Waals surface area contributed by atoms with E-state index in [1.54, 1.807) is 45.9 Å². The highest BCUT2D eigenvalue weighted by Crippen LogP contribution is 2.40. The van der Waals surface area contributed by atoms with Crippen LogP contribution in [0, 0.1) is 12.7 Å². The average molecular weight is 503 g/mol. The van der Waals surface area contributed by atoms with Gasteiger partial charge in [-0.1, -0.05) is 65.8 Å². The Kier molecular flexibility index (Phi) is 7.11. The molecule has 7 nitrogen and oxygen atoms in total. The van der Waals surface area contributed by atoms with E-state index in [9.17, 15) is 19.1 Å². The van der Waals surface area contributed by atoms with Gasteiger partial charge in [-0.15, -0.1) is 0 Å². The Morgan fingerprint density at radius 3 is 2.11 bits per heavy atom. The lowest BCUT2D eigenvalue weighted by atomic mass is 9.84. The minimum atomic E-state index is -0.994. The first-order valence-corrected chi connectivity index (χ1v) is 11.8. The number of rotatable bonds is 7. The summed E-state index contributed by atoms with van der Waals surface area (Å²) in [5, 5.41) is 13.5. The summed E-state index contributed by atoms with van der Waals surface area (Å²) in [6.45, 7) is 6.78. The number of carboxylic acid groups (broad SMARTS) is 1. The van der Waals surface area contributed by atoms with Gasteiger partial charge in [-0.2, -0.15) is 0 Å². The van der Waals surface area contributed by atoms with Gasteiger partial charge in [0, 0.05) is 5.56 Å². The number of halogens is 1. The van der Waals surface area contributed by atoms with Crippen molar-refractivity contribution in [2.24, 2.45) is 0 Å². The second-order valence-electron chi connectivity index (χ2n) is 9.02. The molecule has 0 saturated heterocycles. The number of aliphatic carboxylic acids is 1. The van der Waals surface area contributed by atoms with Crippen LogP contribution < -0.4 is 4.90 Å². The van der Waals surface area contributed by atoms with Crippen LogP contribution in [-0.4, -0.2) is 28.9 Å². The third kappa shape index (κ3) is 4.95. The number of nitrogens with zero attached hydrogens (tertiary/aromatic N) is 2. The van der Waals surface area contributed by atoms with Crippen molar-refractivity contribution in [1.29, 1.82) is 0 Å². The Hall–Kier alpha value is -4.46. The Morgan fingerprint density at radius 2 is 1.54 bits per heavy atom. The summed E-state index contributed by atoms with van der Waals surface area (Å²) in [7, 11) is 0. The maximum Gasteiger partial charge on any atom is 0.419 e. The summed E-state index contributed by atoms with van der Waals surface area (Å²) in [5.41, 5.74) is 2.86. The fourth-order valence-corrected chi connectivity index (χ4v) is 3.97. The summed E-state index contributed by atoms with van der Waals surface area (Å²) in [6, 6.07) is 20.7. The molecular weight excluding hydrogens is 475 g/mol. The monoisotopic (exact) mass is 502 g/mol. The molecule has 1 amide bonds. The number of ether oxygens (including phenoxy) is 1. The van der Waals surface area contributed by atoms with Crippen molar-refractivity contribution in [3.05, 3.63) is 89.9 Å². The zero-order valence-corrected chi connectivity index (χ0v) is 21.0. The van der Waals surface area contributed by atoms with Gasteiger partial charge in [0.1, 0.15) is 17.2 Å². The van der Waals surface area contributed by atoms with Crippen molar-refractivity contribution in [3.63, 3.8) is 0 Å². The van der Waals surface area contributed by atoms with Crippen molar-refractivity contribution in [3.8, 4) is 22.5 Å². The Balaban J connectivity index is 1.71. The molecule has 0 spiro atoms. The third-order valence-electron chi connectivity index (χ3n) is 6.22. The highest BCUT2D eigenvalue weighted by Gasteiger charge is 2.31. The molecule has 190 valence electrons. The van der Waals surface area contributed by atoms with Crippen molar-refractivity contribution in [2.45, 2.75) is 33.1 Å². The Labute approximate surface area is 214 Å². The summed E-state index contributed by atoms with van der Waals surface area (Å²) in [6.07, 6.45) is -0.749. The van der Waals surface area contributed by atoms with Gasteiger partial charge in [-0.05, 0) is 56.5 Å². The van der Waals surface area contributed by atoms with Gasteiger partial charge in [0.15, 0.2) is 5.76 Å². The van der Waals surface area contributed by atoms with E-state index in [1.165, 1.54) is 18.2 Å². The van der Waals surface area contributed by atoms with Crippen LogP contribution in [0.25, 0.3) is 22.5 Å². The van der Waals surface area contributed by atoms with Crippen LogP contribution in [0.4, 0.5) is 20.6 Å². The quantitative estimate of drug-likeness (QED) is 0.289. The molecular formula is C29H27FN2O5. The first-order chi connectivity index (χ1) is 17.6. The molecule has 0 radical (unpaired) electrons. The fourth-order valence-electron chi connectivity index (χ4n) is 3.97. The molecule has 1 N–H and O–H groups in total. The predicted molar refractivity (Wildman–Crippen MR) is 138 cm³/mol. The molecule has 4 rings (SSSR count). The maximum absolute atomic E-state index is 14.8. The molecule has 0 atom stereocenters. The molecule has 1 aromatic heterocycles. The minimum absolute atomic E-state index is 0.0227. The van der Waals surface area contributed by atoms with Gasteiger partial charge in [-0.3, -0.25) is 4.79 Å². The highest BCUT2D eigenvalue weighted by molar-refractivity contribution is 6.00. The molecule has 0 aliphatic heterocycles. The fraction of sp³-hybridized carbons (Fsp3) is 0.207. The lowest BCUT2D eigenvalue weighted by molar-refractivity contribution is -0.142. The summed E-state index contributed by atoms with van der Waals surface area (Å²) in [5.74, 6) is -1.19. The van der Waals surface area contributed by atoms with E-state index in [4.69, 9.17) is 9.26 Å². The molecule has 1 heterocycles. The first kappa shape index (κ1) is 25.6. The molecule has 3 aromatic carbocycles. The van der Waals surface area contributed by atoms with E-state index in [0.717, 1.165) is 16.0 Å². The smallest absolute Gasteiger partial charge is 0.419 e. The zero-order chi connectivity index (χ0) is 26.7. The average Bonchev–Trinajstić information content (AvgIpc) is 3.26. The molecule has 37 heavy (non-hydrogen) atoms. The molecule has 0 bridgehead atoms. The van der Waals surface area contributed by atoms with Crippen molar-refractivity contribution >= 4 is 23.4 Å². The van der Waals surface area contributed by atoms with Crippen LogP contribution >= 0.6 is 0 Å². The summed E-state index contributed by atoms with van der Waals surface area (Å²) >= 11 is 0. The van der Waals surface area contributed by atoms with E-state index < -0.39 is 23.3 Å². The molecule has 0 fully saturated rings. The standard InChI is InChI=1S/C29H27FN2O5/c1-5-36-28(35)32(24-9-7-6-8-23(24)30)25-18(2)31-37-26(25)21-12-10-19(11-13-21)20-14-16-22(17-15-20)29(3,4)27(33)34/h6-17H,5H2,1-4H3,(H,33,34). The highest BCUT2D eigenvalue weighted by atomic mass is 19.1. The van der Waals surface area contributed by atoms with Crippen LogP contribution in [0.3, 0.4) is 0 Å².